The van der Waals surface area contributed by atoms with Crippen molar-refractivity contribution in [3.63, 3.8) is 0 Å². The molecule has 2 heterocycles. The fourth-order valence-electron chi connectivity index (χ4n) is 3.11. The SMILES string of the molecule is NS(=O)(=O)c1ccc(NC(=O)C2CC3CCC2N3)c(Br)c1. The Labute approximate surface area is 131 Å². The Balaban J connectivity index is 1.75. The van der Waals surface area contributed by atoms with Crippen LogP contribution >= 0.6 is 15.9 Å². The van der Waals surface area contributed by atoms with E-state index < -0.39 is 10.0 Å². The number of sulfonamides is 1. The minimum absolute atomic E-state index is 0.00830. The summed E-state index contributed by atoms with van der Waals surface area (Å²) in [6.07, 6.45) is 3.04. The molecule has 0 spiro atoms. The normalized spacial score (nSPS) is 27.8. The second kappa shape index (κ2) is 5.35. The van der Waals surface area contributed by atoms with E-state index >= 15 is 0 Å². The highest BCUT2D eigenvalue weighted by Crippen LogP contribution is 2.34. The molecule has 1 aromatic carbocycles. The van der Waals surface area contributed by atoms with Crippen molar-refractivity contribution in [2.45, 2.75) is 36.2 Å². The first kappa shape index (κ1) is 15.0. The summed E-state index contributed by atoms with van der Waals surface area (Å²) in [7, 11) is -3.75. The zero-order chi connectivity index (χ0) is 15.2. The quantitative estimate of drug-likeness (QED) is 0.739. The monoisotopic (exact) mass is 373 g/mol. The lowest BCUT2D eigenvalue weighted by Crippen LogP contribution is -2.32. The number of carbonyl (C=O) groups excluding carboxylic acids is 1. The molecular formula is C13H16BrN3O3S. The molecule has 2 aliphatic heterocycles. The van der Waals surface area contributed by atoms with E-state index in [9.17, 15) is 13.2 Å². The Morgan fingerprint density at radius 1 is 1.38 bits per heavy atom. The number of amides is 1. The molecule has 3 atom stereocenters. The Morgan fingerprint density at radius 2 is 2.14 bits per heavy atom. The molecule has 21 heavy (non-hydrogen) atoms. The first-order valence-electron chi connectivity index (χ1n) is 6.74. The number of hydrogen-bond donors (Lipinski definition) is 3. The lowest BCUT2D eigenvalue weighted by atomic mass is 9.88. The van der Waals surface area contributed by atoms with Crippen molar-refractivity contribution in [2.24, 2.45) is 11.1 Å². The van der Waals surface area contributed by atoms with Gasteiger partial charge in [0, 0.05) is 16.6 Å². The zero-order valence-corrected chi connectivity index (χ0v) is 13.6. The van der Waals surface area contributed by atoms with Crippen molar-refractivity contribution < 1.29 is 13.2 Å². The van der Waals surface area contributed by atoms with Gasteiger partial charge in [0.2, 0.25) is 15.9 Å². The minimum atomic E-state index is -3.75. The molecular weight excluding hydrogens is 358 g/mol. The van der Waals surface area contributed by atoms with E-state index in [1.165, 1.54) is 12.1 Å². The van der Waals surface area contributed by atoms with Gasteiger partial charge in [0.25, 0.3) is 0 Å². The predicted octanol–water partition coefficient (Wildman–Crippen LogP) is 1.18. The fourth-order valence-corrected chi connectivity index (χ4v) is 4.28. The maximum atomic E-state index is 12.3. The lowest BCUT2D eigenvalue weighted by molar-refractivity contribution is -0.120. The molecule has 114 valence electrons. The number of anilines is 1. The average molecular weight is 374 g/mol. The number of nitrogens with one attached hydrogen (secondary N) is 2. The summed E-state index contributed by atoms with van der Waals surface area (Å²) in [5, 5.41) is 11.3. The maximum absolute atomic E-state index is 12.3. The van der Waals surface area contributed by atoms with E-state index in [2.05, 4.69) is 26.6 Å². The molecule has 0 aliphatic carbocycles. The number of fused-ring (bicyclic) bond motifs is 2. The number of hydrogen-bond acceptors (Lipinski definition) is 4. The van der Waals surface area contributed by atoms with Gasteiger partial charge >= 0.3 is 0 Å². The lowest BCUT2D eigenvalue weighted by Gasteiger charge is -2.19. The smallest absolute Gasteiger partial charge is 0.238 e. The van der Waals surface area contributed by atoms with Crippen molar-refractivity contribution in [1.82, 2.24) is 5.32 Å². The van der Waals surface area contributed by atoms with Crippen LogP contribution < -0.4 is 15.8 Å². The van der Waals surface area contributed by atoms with Gasteiger partial charge in [-0.2, -0.15) is 0 Å². The van der Waals surface area contributed by atoms with Gasteiger partial charge in [0.05, 0.1) is 16.5 Å². The molecule has 8 heteroatoms. The van der Waals surface area contributed by atoms with Crippen LogP contribution in [0.4, 0.5) is 5.69 Å². The third-order valence-corrected chi connectivity index (χ3v) is 5.73. The Hall–Kier alpha value is -0.960. The van der Waals surface area contributed by atoms with Crippen molar-refractivity contribution in [3.8, 4) is 0 Å². The molecule has 1 aromatic rings. The number of primary sulfonamides is 1. The number of carbonyl (C=O) groups is 1. The highest BCUT2D eigenvalue weighted by Gasteiger charge is 2.42. The van der Waals surface area contributed by atoms with Crippen LogP contribution in [0.3, 0.4) is 0 Å². The molecule has 0 saturated carbocycles. The fraction of sp³-hybridized carbons (Fsp3) is 0.462. The molecule has 2 saturated heterocycles. The Kier molecular flexibility index (Phi) is 3.81. The van der Waals surface area contributed by atoms with Crippen molar-refractivity contribution >= 4 is 37.5 Å². The molecule has 2 fully saturated rings. The highest BCUT2D eigenvalue weighted by atomic mass is 79.9. The van der Waals surface area contributed by atoms with Crippen LogP contribution in [0.15, 0.2) is 27.6 Å². The number of benzene rings is 1. The molecule has 3 unspecified atom stereocenters. The number of halogens is 1. The third-order valence-electron chi connectivity index (χ3n) is 4.16. The van der Waals surface area contributed by atoms with E-state index in [0.29, 0.717) is 16.2 Å². The standard InChI is InChI=1S/C13H16BrN3O3S/c14-10-6-8(21(15,19)20)2-4-12(10)17-13(18)9-5-7-1-3-11(9)16-7/h2,4,6-7,9,11,16H,1,3,5H2,(H,17,18)(H2,15,19,20). The van der Waals surface area contributed by atoms with Crippen molar-refractivity contribution in [3.05, 3.63) is 22.7 Å². The average Bonchev–Trinajstić information content (AvgIpc) is 3.02. The highest BCUT2D eigenvalue weighted by molar-refractivity contribution is 9.10. The Bertz CT molecular complexity index is 692. The van der Waals surface area contributed by atoms with Gasteiger partial charge in [-0.3, -0.25) is 4.79 Å². The summed E-state index contributed by atoms with van der Waals surface area (Å²) >= 11 is 3.27. The molecule has 2 aliphatic rings. The number of rotatable bonds is 3. The predicted molar refractivity (Wildman–Crippen MR) is 82.2 cm³/mol. The zero-order valence-electron chi connectivity index (χ0n) is 11.2. The second-order valence-corrected chi connectivity index (χ2v) is 7.98. The van der Waals surface area contributed by atoms with Crippen LogP contribution in [0.1, 0.15) is 19.3 Å². The van der Waals surface area contributed by atoms with E-state index in [1.807, 2.05) is 0 Å². The van der Waals surface area contributed by atoms with Gasteiger partial charge in [0.1, 0.15) is 0 Å². The van der Waals surface area contributed by atoms with Crippen LogP contribution in [0.25, 0.3) is 0 Å². The van der Waals surface area contributed by atoms with Crippen molar-refractivity contribution in [2.75, 3.05) is 5.32 Å². The van der Waals surface area contributed by atoms with Crippen molar-refractivity contribution in [1.29, 1.82) is 0 Å². The molecule has 1 amide bonds. The summed E-state index contributed by atoms with van der Waals surface area (Å²) < 4.78 is 23.1. The van der Waals surface area contributed by atoms with Crippen LogP contribution in [-0.4, -0.2) is 26.4 Å². The van der Waals surface area contributed by atoms with Gasteiger partial charge in [-0.25, -0.2) is 13.6 Å². The van der Waals surface area contributed by atoms with E-state index in [4.69, 9.17) is 5.14 Å². The summed E-state index contributed by atoms with van der Waals surface area (Å²) in [6.45, 7) is 0. The molecule has 0 aromatic heterocycles. The van der Waals surface area contributed by atoms with E-state index in [-0.39, 0.29) is 22.8 Å². The third kappa shape index (κ3) is 2.98. The van der Waals surface area contributed by atoms with Gasteiger partial charge < -0.3 is 10.6 Å². The summed E-state index contributed by atoms with van der Waals surface area (Å²) in [5.41, 5.74) is 0.551. The molecule has 3 rings (SSSR count). The maximum Gasteiger partial charge on any atom is 0.238 e. The largest absolute Gasteiger partial charge is 0.325 e. The topological polar surface area (TPSA) is 101 Å². The van der Waals surface area contributed by atoms with Gasteiger partial charge in [-0.15, -0.1) is 0 Å². The van der Waals surface area contributed by atoms with Gasteiger partial charge in [-0.05, 0) is 53.4 Å². The Morgan fingerprint density at radius 3 is 2.67 bits per heavy atom. The van der Waals surface area contributed by atoms with Crippen LogP contribution in [-0.2, 0) is 14.8 Å². The van der Waals surface area contributed by atoms with Gasteiger partial charge in [0.15, 0.2) is 0 Å². The molecule has 2 bridgehead atoms. The minimum Gasteiger partial charge on any atom is -0.325 e. The molecule has 6 nitrogen and oxygen atoms in total. The van der Waals surface area contributed by atoms with Crippen LogP contribution in [0.2, 0.25) is 0 Å². The van der Waals surface area contributed by atoms with E-state index in [0.717, 1.165) is 19.3 Å². The molecule has 4 N–H and O–H groups in total. The first-order chi connectivity index (χ1) is 9.84. The number of nitrogens with two attached hydrogens (primary N) is 1. The summed E-state index contributed by atoms with van der Waals surface area (Å²) in [5.74, 6) is -0.0488. The van der Waals surface area contributed by atoms with Gasteiger partial charge in [-0.1, -0.05) is 0 Å². The first-order valence-corrected chi connectivity index (χ1v) is 9.08. The second-order valence-electron chi connectivity index (χ2n) is 5.57. The van der Waals surface area contributed by atoms with Crippen LogP contribution in [0.5, 0.6) is 0 Å². The molecule has 0 radical (unpaired) electrons. The van der Waals surface area contributed by atoms with E-state index in [1.54, 1.807) is 6.07 Å². The van der Waals surface area contributed by atoms with Crippen LogP contribution in [0, 0.1) is 5.92 Å². The summed E-state index contributed by atoms with van der Waals surface area (Å²) in [4.78, 5) is 12.3. The summed E-state index contributed by atoms with van der Waals surface area (Å²) in [6, 6.07) is 5.04.